The van der Waals surface area contributed by atoms with Gasteiger partial charge in [-0.3, -0.25) is 4.79 Å². The molecule has 1 aromatic carbocycles. The number of carbonyl (C=O) groups excluding carboxylic acids is 1. The molecule has 0 heterocycles. The molecule has 0 N–H and O–H groups in total. The van der Waals surface area contributed by atoms with Crippen molar-refractivity contribution in [2.75, 3.05) is 7.11 Å². The van der Waals surface area contributed by atoms with Gasteiger partial charge in [-0.15, -0.1) is 0 Å². The van der Waals surface area contributed by atoms with E-state index in [9.17, 15) is 18.0 Å². The van der Waals surface area contributed by atoms with Crippen LogP contribution in [0.15, 0.2) is 12.1 Å². The van der Waals surface area contributed by atoms with Crippen molar-refractivity contribution < 1.29 is 22.7 Å². The van der Waals surface area contributed by atoms with Crippen LogP contribution in [0.4, 0.5) is 13.2 Å². The summed E-state index contributed by atoms with van der Waals surface area (Å²) in [4.78, 5) is 11.3. The van der Waals surface area contributed by atoms with Crippen LogP contribution in [0.1, 0.15) is 35.3 Å². The summed E-state index contributed by atoms with van der Waals surface area (Å²) in [5.41, 5.74) is -1.12. The van der Waals surface area contributed by atoms with Crippen LogP contribution in [0.2, 0.25) is 0 Å². The Morgan fingerprint density at radius 3 is 2.29 bits per heavy atom. The minimum absolute atomic E-state index is 0.0713. The maximum atomic E-state index is 12.9. The van der Waals surface area contributed by atoms with E-state index in [0.717, 1.165) is 13.0 Å². The number of alkyl halides is 3. The third-order valence-electron chi connectivity index (χ3n) is 2.47. The Hall–Kier alpha value is -1.52. The van der Waals surface area contributed by atoms with E-state index in [1.54, 1.807) is 6.92 Å². The lowest BCUT2D eigenvalue weighted by Crippen LogP contribution is -2.15. The van der Waals surface area contributed by atoms with Gasteiger partial charge in [0.1, 0.15) is 5.75 Å². The van der Waals surface area contributed by atoms with Crippen LogP contribution in [-0.4, -0.2) is 12.9 Å². The smallest absolute Gasteiger partial charge is 0.417 e. The molecule has 0 aliphatic heterocycles. The first kappa shape index (κ1) is 13.5. The number of ether oxygens (including phenoxy) is 1. The molecule has 5 heteroatoms. The summed E-state index contributed by atoms with van der Waals surface area (Å²) in [7, 11) is 1.35. The van der Waals surface area contributed by atoms with Crippen molar-refractivity contribution in [2.24, 2.45) is 0 Å². The number of methoxy groups -OCH3 is 1. The summed E-state index contributed by atoms with van der Waals surface area (Å²) >= 11 is 0. The third kappa shape index (κ3) is 2.78. The molecule has 94 valence electrons. The molecule has 1 aromatic rings. The number of hydrogen-bond acceptors (Lipinski definition) is 2. The van der Waals surface area contributed by atoms with Gasteiger partial charge in [0.15, 0.2) is 5.78 Å². The normalized spacial score (nSPS) is 11.4. The Morgan fingerprint density at radius 2 is 1.94 bits per heavy atom. The number of hydrogen-bond donors (Lipinski definition) is 0. The number of aryl methyl sites for hydroxylation is 1. The molecule has 1 rings (SSSR count). The highest BCUT2D eigenvalue weighted by Gasteiger charge is 2.37. The standard InChI is InChI=1S/C12H13F3O2/c1-4-8-5-9(17-3)6-10(7(2)16)11(8)12(13,14)15/h5-6H,4H2,1-3H3. The Morgan fingerprint density at radius 1 is 1.35 bits per heavy atom. The second-order valence-electron chi connectivity index (χ2n) is 3.62. The number of carbonyl (C=O) groups is 1. The predicted molar refractivity (Wildman–Crippen MR) is 57.4 cm³/mol. The highest BCUT2D eigenvalue weighted by atomic mass is 19.4. The molecule has 0 amide bonds. The molecule has 0 aliphatic carbocycles. The van der Waals surface area contributed by atoms with E-state index < -0.39 is 17.5 Å². The molecule has 0 radical (unpaired) electrons. The van der Waals surface area contributed by atoms with E-state index in [0.29, 0.717) is 0 Å². The van der Waals surface area contributed by atoms with Crippen molar-refractivity contribution in [3.8, 4) is 5.75 Å². The van der Waals surface area contributed by atoms with Crippen LogP contribution >= 0.6 is 0 Å². The zero-order chi connectivity index (χ0) is 13.2. The Balaban J connectivity index is 3.58. The first-order valence-corrected chi connectivity index (χ1v) is 5.10. The quantitative estimate of drug-likeness (QED) is 0.763. The van der Waals surface area contributed by atoms with Gasteiger partial charge >= 0.3 is 6.18 Å². The van der Waals surface area contributed by atoms with Crippen molar-refractivity contribution in [2.45, 2.75) is 26.4 Å². The fourth-order valence-electron chi connectivity index (χ4n) is 1.68. The Bertz CT molecular complexity index is 436. The van der Waals surface area contributed by atoms with Crippen LogP contribution < -0.4 is 4.74 Å². The third-order valence-corrected chi connectivity index (χ3v) is 2.47. The second kappa shape index (κ2) is 4.77. The molecule has 0 aliphatic rings. The van der Waals surface area contributed by atoms with Gasteiger partial charge in [-0.1, -0.05) is 6.92 Å². The van der Waals surface area contributed by atoms with Crippen LogP contribution in [-0.2, 0) is 12.6 Å². The van der Waals surface area contributed by atoms with Crippen molar-refractivity contribution in [3.05, 3.63) is 28.8 Å². The van der Waals surface area contributed by atoms with Gasteiger partial charge in [-0.2, -0.15) is 13.2 Å². The zero-order valence-corrected chi connectivity index (χ0v) is 9.81. The van der Waals surface area contributed by atoms with Crippen molar-refractivity contribution in [3.63, 3.8) is 0 Å². The van der Waals surface area contributed by atoms with Gasteiger partial charge in [0.05, 0.1) is 12.7 Å². The van der Waals surface area contributed by atoms with Crippen LogP contribution in [0, 0.1) is 0 Å². The molecule has 0 atom stereocenters. The van der Waals surface area contributed by atoms with Gasteiger partial charge in [0.2, 0.25) is 0 Å². The number of halogens is 3. The fourth-order valence-corrected chi connectivity index (χ4v) is 1.68. The molecule has 0 aromatic heterocycles. The molecule has 0 unspecified atom stereocenters. The average Bonchev–Trinajstić information content (AvgIpc) is 2.25. The Kier molecular flexibility index (Phi) is 3.80. The number of ketones is 1. The van der Waals surface area contributed by atoms with Gasteiger partial charge in [0.25, 0.3) is 0 Å². The molecule has 0 saturated heterocycles. The molecular formula is C12H13F3O2. The first-order chi connectivity index (χ1) is 7.81. The molecule has 0 saturated carbocycles. The van der Waals surface area contributed by atoms with E-state index in [2.05, 4.69) is 0 Å². The second-order valence-corrected chi connectivity index (χ2v) is 3.62. The van der Waals surface area contributed by atoms with Crippen LogP contribution in [0.3, 0.4) is 0 Å². The highest BCUT2D eigenvalue weighted by molar-refractivity contribution is 5.96. The van der Waals surface area contributed by atoms with Gasteiger partial charge in [-0.05, 0) is 31.0 Å². The maximum absolute atomic E-state index is 12.9. The SMILES string of the molecule is CCc1cc(OC)cc(C(C)=O)c1C(F)(F)F. The van der Waals surface area contributed by atoms with Gasteiger partial charge < -0.3 is 4.74 Å². The number of benzene rings is 1. The molecule has 0 bridgehead atoms. The summed E-state index contributed by atoms with van der Waals surface area (Å²) < 4.78 is 43.6. The summed E-state index contributed by atoms with van der Waals surface area (Å²) in [6, 6.07) is 2.44. The van der Waals surface area contributed by atoms with Crippen molar-refractivity contribution >= 4 is 5.78 Å². The van der Waals surface area contributed by atoms with Crippen molar-refractivity contribution in [1.82, 2.24) is 0 Å². The van der Waals surface area contributed by atoms with E-state index >= 15 is 0 Å². The minimum Gasteiger partial charge on any atom is -0.497 e. The van der Waals surface area contributed by atoms with Crippen molar-refractivity contribution in [1.29, 1.82) is 0 Å². The summed E-state index contributed by atoms with van der Waals surface area (Å²) in [5.74, 6) is -0.356. The Labute approximate surface area is 97.4 Å². The number of Topliss-reactive ketones (excluding diaryl/α,β-unsaturated/α-hetero) is 1. The van der Waals surface area contributed by atoms with Crippen LogP contribution in [0.25, 0.3) is 0 Å². The topological polar surface area (TPSA) is 26.3 Å². The summed E-state index contributed by atoms with van der Waals surface area (Å²) in [6.07, 6.45) is -4.34. The van der Waals surface area contributed by atoms with Crippen LogP contribution in [0.5, 0.6) is 5.75 Å². The van der Waals surface area contributed by atoms with Gasteiger partial charge in [-0.25, -0.2) is 0 Å². The average molecular weight is 246 g/mol. The van der Waals surface area contributed by atoms with Gasteiger partial charge in [0, 0.05) is 5.56 Å². The molecule has 0 spiro atoms. The highest BCUT2D eigenvalue weighted by Crippen LogP contribution is 2.37. The predicted octanol–water partition coefficient (Wildman–Crippen LogP) is 3.48. The summed E-state index contributed by atoms with van der Waals surface area (Å²) in [6.45, 7) is 2.72. The largest absolute Gasteiger partial charge is 0.497 e. The molecule has 0 fully saturated rings. The number of rotatable bonds is 3. The molecule has 2 nitrogen and oxygen atoms in total. The van der Waals surface area contributed by atoms with E-state index in [1.807, 2.05) is 0 Å². The maximum Gasteiger partial charge on any atom is 0.417 e. The molecular weight excluding hydrogens is 233 g/mol. The van der Waals surface area contributed by atoms with E-state index in [4.69, 9.17) is 4.74 Å². The minimum atomic E-state index is -4.53. The lowest BCUT2D eigenvalue weighted by molar-refractivity contribution is -0.138. The fraction of sp³-hybridized carbons (Fsp3) is 0.417. The van der Waals surface area contributed by atoms with E-state index in [1.165, 1.54) is 13.2 Å². The first-order valence-electron chi connectivity index (χ1n) is 5.10. The zero-order valence-electron chi connectivity index (χ0n) is 9.81. The lowest BCUT2D eigenvalue weighted by Gasteiger charge is -2.16. The molecule has 17 heavy (non-hydrogen) atoms. The lowest BCUT2D eigenvalue weighted by atomic mass is 9.96. The monoisotopic (exact) mass is 246 g/mol. The van der Waals surface area contributed by atoms with E-state index in [-0.39, 0.29) is 23.3 Å². The summed E-state index contributed by atoms with van der Waals surface area (Å²) in [5, 5.41) is 0.